The number of nitrogens with one attached hydrogen (secondary N) is 1. The van der Waals surface area contributed by atoms with Gasteiger partial charge in [-0.1, -0.05) is 13.0 Å². The van der Waals surface area contributed by atoms with E-state index in [4.69, 9.17) is 4.74 Å². The van der Waals surface area contributed by atoms with Crippen molar-refractivity contribution in [3.8, 4) is 11.5 Å². The number of hydrogen-bond acceptors (Lipinski definition) is 9. The van der Waals surface area contributed by atoms with Crippen LogP contribution in [0.25, 0.3) is 11.2 Å². The molecule has 11 nitrogen and oxygen atoms in total. The first-order chi connectivity index (χ1) is 21.7. The van der Waals surface area contributed by atoms with Gasteiger partial charge in [0.05, 0.1) is 0 Å². The smallest absolute Gasteiger partial charge is 0.158 e. The van der Waals surface area contributed by atoms with Gasteiger partial charge < -0.3 is 19.9 Å². The molecule has 0 amide bonds. The number of nitrogens with zero attached hydrogens (tertiary/aromatic N) is 8. The highest BCUT2D eigenvalue weighted by molar-refractivity contribution is 5.92. The van der Waals surface area contributed by atoms with Gasteiger partial charge in [-0.25, -0.2) is 19.0 Å². The van der Waals surface area contributed by atoms with E-state index in [1.54, 1.807) is 9.03 Å². The van der Waals surface area contributed by atoms with E-state index in [1.165, 1.54) is 51.7 Å². The van der Waals surface area contributed by atoms with Crippen LogP contribution < -0.4 is 10.1 Å². The number of Topliss-reactive ketones (excluding diaryl/α,β-unsaturated/α-hetero) is 1. The number of aromatic nitrogens is 6. The van der Waals surface area contributed by atoms with Gasteiger partial charge in [0.1, 0.15) is 29.7 Å². The first-order valence-corrected chi connectivity index (χ1v) is 15.4. The average Bonchev–Trinajstić information content (AvgIpc) is 3.72. The van der Waals surface area contributed by atoms with Gasteiger partial charge in [0, 0.05) is 48.3 Å². The van der Waals surface area contributed by atoms with Gasteiger partial charge in [-0.3, -0.25) is 4.79 Å². The minimum absolute atomic E-state index is 0.0729. The predicted molar refractivity (Wildman–Crippen MR) is 177 cm³/mol. The van der Waals surface area contributed by atoms with Crippen LogP contribution in [-0.2, 0) is 4.79 Å². The van der Waals surface area contributed by atoms with Crippen molar-refractivity contribution in [2.24, 2.45) is 0 Å². The number of ether oxygens (including phenoxy) is 1. The standard InChI is InChI=1S/C19H15N7O.C8H15N.C7H13NO/c1-13-9-14(24-19-16-3-2-7-25(16)22-12-21-19)4-5-17(13)27-15-6-8-26-18(10-15)20-11-23-26;1-9-7-3-2-4-8(9)6-5-7;1-6(7(2)9)5-8(3)4/h2-12H,1H3,(H,21,22,24);7-8H,2-6H2,1H3;1,5H2,2-4H3. The van der Waals surface area contributed by atoms with Gasteiger partial charge in [-0.05, 0) is 103 Å². The number of benzene rings is 1. The minimum atomic E-state index is 0.0729. The molecule has 45 heavy (non-hydrogen) atoms. The molecular weight excluding hydrogens is 566 g/mol. The van der Waals surface area contributed by atoms with Crippen molar-refractivity contribution < 1.29 is 9.53 Å². The van der Waals surface area contributed by atoms with E-state index in [9.17, 15) is 4.79 Å². The lowest BCUT2D eigenvalue weighted by Crippen LogP contribution is -2.35. The Balaban J connectivity index is 0.000000181. The second kappa shape index (κ2) is 14.4. The normalized spacial score (nSPS) is 17.4. The van der Waals surface area contributed by atoms with Crippen molar-refractivity contribution in [3.63, 3.8) is 0 Å². The molecule has 236 valence electrons. The summed E-state index contributed by atoms with van der Waals surface area (Å²) in [7, 11) is 6.11. The van der Waals surface area contributed by atoms with Crippen molar-refractivity contribution in [3.05, 3.63) is 85.2 Å². The van der Waals surface area contributed by atoms with Crippen molar-refractivity contribution >= 4 is 28.5 Å². The molecular formula is C34H43N9O2. The maximum atomic E-state index is 10.6. The fraction of sp³-hybridized carbons (Fsp3) is 0.382. The summed E-state index contributed by atoms with van der Waals surface area (Å²) in [6.07, 6.45) is 14.1. The first-order valence-electron chi connectivity index (χ1n) is 15.4. The summed E-state index contributed by atoms with van der Waals surface area (Å²) in [5.41, 5.74) is 4.25. The van der Waals surface area contributed by atoms with Gasteiger partial charge in [-0.2, -0.15) is 10.2 Å². The molecule has 1 aromatic carbocycles. The molecule has 2 atom stereocenters. The molecule has 2 unspecified atom stereocenters. The molecule has 1 N–H and O–H groups in total. The van der Waals surface area contributed by atoms with Gasteiger partial charge >= 0.3 is 0 Å². The van der Waals surface area contributed by atoms with E-state index >= 15 is 0 Å². The summed E-state index contributed by atoms with van der Waals surface area (Å²) in [6.45, 7) is 7.80. The Labute approximate surface area is 264 Å². The summed E-state index contributed by atoms with van der Waals surface area (Å²) in [6, 6.07) is 15.4. The van der Waals surface area contributed by atoms with E-state index in [0.717, 1.165) is 46.1 Å². The number of hydrogen-bond donors (Lipinski definition) is 1. The largest absolute Gasteiger partial charge is 0.457 e. The molecule has 5 aromatic rings. The van der Waals surface area contributed by atoms with Crippen LogP contribution in [0.3, 0.4) is 0 Å². The number of ketones is 1. The fourth-order valence-electron chi connectivity index (χ4n) is 5.80. The number of rotatable bonds is 7. The Morgan fingerprint density at radius 3 is 2.40 bits per heavy atom. The lowest BCUT2D eigenvalue weighted by molar-refractivity contribution is -0.113. The maximum absolute atomic E-state index is 10.6. The Hall–Kier alpha value is -4.61. The fourth-order valence-corrected chi connectivity index (χ4v) is 5.80. The van der Waals surface area contributed by atoms with Gasteiger partial charge in [0.2, 0.25) is 0 Å². The zero-order chi connectivity index (χ0) is 31.9. The lowest BCUT2D eigenvalue weighted by Gasteiger charge is -2.30. The van der Waals surface area contributed by atoms with Crippen LogP contribution in [-0.4, -0.2) is 84.6 Å². The Morgan fingerprint density at radius 2 is 1.73 bits per heavy atom. The van der Waals surface area contributed by atoms with E-state index in [-0.39, 0.29) is 5.78 Å². The first kappa shape index (κ1) is 31.8. The van der Waals surface area contributed by atoms with E-state index < -0.39 is 0 Å². The molecule has 2 aliphatic rings. The van der Waals surface area contributed by atoms with Crippen molar-refractivity contribution in [1.29, 1.82) is 0 Å². The summed E-state index contributed by atoms with van der Waals surface area (Å²) in [5.74, 6) is 2.31. The van der Waals surface area contributed by atoms with Crippen LogP contribution >= 0.6 is 0 Å². The average molecular weight is 610 g/mol. The summed E-state index contributed by atoms with van der Waals surface area (Å²) in [5, 5.41) is 11.6. The number of pyridine rings is 1. The van der Waals surface area contributed by atoms with Gasteiger partial charge in [0.15, 0.2) is 17.2 Å². The molecule has 6 heterocycles. The Bertz CT molecular complexity index is 1740. The van der Waals surface area contributed by atoms with E-state index in [1.807, 2.05) is 80.8 Å². The van der Waals surface area contributed by atoms with Crippen LogP contribution in [0.5, 0.6) is 11.5 Å². The lowest BCUT2D eigenvalue weighted by atomic mass is 10.0. The van der Waals surface area contributed by atoms with E-state index in [2.05, 4.69) is 44.0 Å². The van der Waals surface area contributed by atoms with Crippen LogP contribution in [0.15, 0.2) is 79.7 Å². The van der Waals surface area contributed by atoms with Crippen LogP contribution in [0.2, 0.25) is 0 Å². The number of aryl methyl sites for hydroxylation is 1. The topological polar surface area (TPSA) is 105 Å². The SMILES string of the molecule is C=C(CN(C)C)C(C)=O.CN1C2CCCC1CC2.Cc1cc(Nc2ncnn3cccc23)ccc1Oc1ccn2ncnc2c1. The Morgan fingerprint density at radius 1 is 1.00 bits per heavy atom. The van der Waals surface area contributed by atoms with Crippen LogP contribution in [0, 0.1) is 6.92 Å². The van der Waals surface area contributed by atoms with Crippen LogP contribution in [0.1, 0.15) is 44.6 Å². The summed E-state index contributed by atoms with van der Waals surface area (Å²) < 4.78 is 9.48. The monoisotopic (exact) mass is 609 g/mol. The highest BCUT2D eigenvalue weighted by atomic mass is 16.5. The maximum Gasteiger partial charge on any atom is 0.158 e. The molecule has 11 heteroatoms. The highest BCUT2D eigenvalue weighted by Crippen LogP contribution is 2.33. The molecule has 2 bridgehead atoms. The molecule has 0 spiro atoms. The van der Waals surface area contributed by atoms with Crippen molar-refractivity contribution in [2.75, 3.05) is 33.0 Å². The van der Waals surface area contributed by atoms with Crippen LogP contribution in [0.4, 0.5) is 11.5 Å². The molecule has 2 aliphatic heterocycles. The third-order valence-electron chi connectivity index (χ3n) is 8.32. The molecule has 2 fully saturated rings. The molecule has 0 aliphatic carbocycles. The summed E-state index contributed by atoms with van der Waals surface area (Å²) >= 11 is 0. The highest BCUT2D eigenvalue weighted by Gasteiger charge is 2.33. The zero-order valence-electron chi connectivity index (χ0n) is 26.8. The Kier molecular flexibility index (Phi) is 10.2. The predicted octanol–water partition coefficient (Wildman–Crippen LogP) is 5.94. The number of anilines is 2. The number of carbonyl (C=O) groups is 1. The summed E-state index contributed by atoms with van der Waals surface area (Å²) in [4.78, 5) is 23.6. The molecule has 0 saturated carbocycles. The number of piperidine rings is 1. The molecule has 7 rings (SSSR count). The minimum Gasteiger partial charge on any atom is -0.457 e. The quantitative estimate of drug-likeness (QED) is 0.224. The van der Waals surface area contributed by atoms with E-state index in [0.29, 0.717) is 17.9 Å². The molecule has 0 radical (unpaired) electrons. The van der Waals surface area contributed by atoms with Crippen molar-refractivity contribution in [1.82, 2.24) is 39.0 Å². The number of carbonyl (C=O) groups excluding carboxylic acids is 1. The second-order valence-electron chi connectivity index (χ2n) is 12.0. The molecule has 4 aromatic heterocycles. The van der Waals surface area contributed by atoms with Gasteiger partial charge in [-0.15, -0.1) is 0 Å². The second-order valence-corrected chi connectivity index (χ2v) is 12.0. The number of likely N-dealkylation sites (N-methyl/N-ethyl adjacent to an activating group) is 1. The van der Waals surface area contributed by atoms with Crippen molar-refractivity contribution in [2.45, 2.75) is 58.0 Å². The zero-order valence-corrected chi connectivity index (χ0v) is 26.8. The third kappa shape index (κ3) is 8.11. The van der Waals surface area contributed by atoms with Gasteiger partial charge in [0.25, 0.3) is 0 Å². The number of fused-ring (bicyclic) bond motifs is 4. The molecule has 2 saturated heterocycles. The third-order valence-corrected chi connectivity index (χ3v) is 8.32.